The molecule has 1 amide bonds. The minimum absolute atomic E-state index is 0.191. The van der Waals surface area contributed by atoms with Crippen molar-refractivity contribution in [2.45, 2.75) is 6.18 Å². The van der Waals surface area contributed by atoms with E-state index in [9.17, 15) is 18.0 Å². The van der Waals surface area contributed by atoms with Crippen LogP contribution in [0.3, 0.4) is 0 Å². The van der Waals surface area contributed by atoms with Crippen molar-refractivity contribution >= 4 is 34.5 Å². The van der Waals surface area contributed by atoms with Crippen molar-refractivity contribution in [3.8, 4) is 0 Å². The molecule has 0 unspecified atom stereocenters. The predicted molar refractivity (Wildman–Crippen MR) is 88.6 cm³/mol. The van der Waals surface area contributed by atoms with Gasteiger partial charge in [0.15, 0.2) is 0 Å². The molecule has 0 bridgehead atoms. The summed E-state index contributed by atoms with van der Waals surface area (Å²) in [6.07, 6.45) is -0.790. The number of alkyl halides is 3. The van der Waals surface area contributed by atoms with E-state index in [4.69, 9.17) is 11.6 Å². The lowest BCUT2D eigenvalue weighted by Crippen LogP contribution is -2.38. The van der Waals surface area contributed by atoms with Gasteiger partial charge in [0.2, 0.25) is 5.91 Å². The van der Waals surface area contributed by atoms with Gasteiger partial charge in [0.25, 0.3) is 0 Å². The molecule has 0 fully saturated rings. The average molecular weight is 355 g/mol. The van der Waals surface area contributed by atoms with Crippen molar-refractivity contribution in [3.63, 3.8) is 0 Å². The van der Waals surface area contributed by atoms with Gasteiger partial charge in [-0.2, -0.15) is 13.2 Å². The summed E-state index contributed by atoms with van der Waals surface area (Å²) in [6.45, 7) is 1.84. The number of rotatable bonds is 5. The Bertz CT molecular complexity index is 787. The SMILES string of the molecule is C=CCN(CC(F)(F)F)C(=O)/C=C/c1ccc2ccc(Cl)cc2n1. The highest BCUT2D eigenvalue weighted by atomic mass is 35.5. The summed E-state index contributed by atoms with van der Waals surface area (Å²) in [5.41, 5.74) is 1.08. The van der Waals surface area contributed by atoms with Crippen molar-refractivity contribution in [1.82, 2.24) is 9.88 Å². The van der Waals surface area contributed by atoms with Gasteiger partial charge in [-0.15, -0.1) is 6.58 Å². The van der Waals surface area contributed by atoms with Crippen LogP contribution >= 0.6 is 11.6 Å². The Labute approximate surface area is 142 Å². The maximum absolute atomic E-state index is 12.5. The van der Waals surface area contributed by atoms with E-state index in [-0.39, 0.29) is 6.54 Å². The van der Waals surface area contributed by atoms with E-state index in [1.807, 2.05) is 0 Å². The zero-order valence-corrected chi connectivity index (χ0v) is 13.3. The Balaban J connectivity index is 2.18. The molecule has 1 aromatic carbocycles. The van der Waals surface area contributed by atoms with Gasteiger partial charge in [-0.05, 0) is 24.3 Å². The largest absolute Gasteiger partial charge is 0.406 e. The first-order valence-corrected chi connectivity index (χ1v) is 7.37. The molecule has 0 saturated heterocycles. The Kier molecular flexibility index (Phi) is 5.62. The van der Waals surface area contributed by atoms with Gasteiger partial charge >= 0.3 is 6.18 Å². The summed E-state index contributed by atoms with van der Waals surface area (Å²) < 4.78 is 37.5. The Hall–Kier alpha value is -2.34. The van der Waals surface area contributed by atoms with E-state index < -0.39 is 18.6 Å². The summed E-state index contributed by atoms with van der Waals surface area (Å²) >= 11 is 5.90. The molecular weight excluding hydrogens is 341 g/mol. The molecule has 0 aliphatic carbocycles. The molecule has 0 aliphatic heterocycles. The first kappa shape index (κ1) is 18.0. The fourth-order valence-corrected chi connectivity index (χ4v) is 2.23. The molecule has 0 spiro atoms. The molecule has 1 heterocycles. The van der Waals surface area contributed by atoms with Gasteiger partial charge in [0, 0.05) is 23.0 Å². The number of nitrogens with zero attached hydrogens (tertiary/aromatic N) is 2. The average Bonchev–Trinajstić information content (AvgIpc) is 2.50. The molecule has 0 aliphatic rings. The molecule has 126 valence electrons. The highest BCUT2D eigenvalue weighted by Crippen LogP contribution is 2.19. The summed E-state index contributed by atoms with van der Waals surface area (Å²) in [4.78, 5) is 16.9. The minimum Gasteiger partial charge on any atom is -0.326 e. The van der Waals surface area contributed by atoms with E-state index in [0.29, 0.717) is 21.1 Å². The van der Waals surface area contributed by atoms with E-state index in [2.05, 4.69) is 11.6 Å². The molecule has 1 aromatic heterocycles. The number of carbonyl (C=O) groups excluding carboxylic acids is 1. The number of hydrogen-bond acceptors (Lipinski definition) is 2. The smallest absolute Gasteiger partial charge is 0.326 e. The summed E-state index contributed by atoms with van der Waals surface area (Å²) in [5.74, 6) is -0.764. The number of hydrogen-bond donors (Lipinski definition) is 0. The standard InChI is InChI=1S/C17H14ClF3N2O/c1-2-9-23(11-17(19,20)21)16(24)8-7-14-6-4-12-3-5-13(18)10-15(12)22-14/h2-8,10H,1,9,11H2/b8-7+. The second-order valence-corrected chi connectivity index (χ2v) is 5.47. The van der Waals surface area contributed by atoms with Crippen molar-refractivity contribution in [2.75, 3.05) is 13.1 Å². The predicted octanol–water partition coefficient (Wildman–Crippen LogP) is 4.48. The molecule has 3 nitrogen and oxygen atoms in total. The molecule has 0 saturated carbocycles. The summed E-state index contributed by atoms with van der Waals surface area (Å²) in [6, 6.07) is 8.67. The molecular formula is C17H14ClF3N2O. The van der Waals surface area contributed by atoms with Gasteiger partial charge in [-0.1, -0.05) is 29.8 Å². The minimum atomic E-state index is -4.47. The van der Waals surface area contributed by atoms with Gasteiger partial charge in [0.1, 0.15) is 6.54 Å². The lowest BCUT2D eigenvalue weighted by Gasteiger charge is -2.20. The fraction of sp³-hybridized carbons (Fsp3) is 0.176. The molecule has 2 aromatic rings. The van der Waals surface area contributed by atoms with Gasteiger partial charge in [-0.25, -0.2) is 4.98 Å². The topological polar surface area (TPSA) is 33.2 Å². The van der Waals surface area contributed by atoms with Crippen LogP contribution in [0.25, 0.3) is 17.0 Å². The quantitative estimate of drug-likeness (QED) is 0.586. The van der Waals surface area contributed by atoms with Crippen LogP contribution in [0, 0.1) is 0 Å². The Morgan fingerprint density at radius 1 is 1.29 bits per heavy atom. The van der Waals surface area contributed by atoms with Crippen LogP contribution in [0.2, 0.25) is 5.02 Å². The van der Waals surface area contributed by atoms with Crippen molar-refractivity contribution in [2.24, 2.45) is 0 Å². The third-order valence-electron chi connectivity index (χ3n) is 3.10. The zero-order chi connectivity index (χ0) is 17.7. The third kappa shape index (κ3) is 5.09. The van der Waals surface area contributed by atoms with Crippen LogP contribution in [0.5, 0.6) is 0 Å². The number of fused-ring (bicyclic) bond motifs is 1. The Morgan fingerprint density at radius 3 is 2.67 bits per heavy atom. The van der Waals surface area contributed by atoms with Crippen LogP contribution in [-0.4, -0.2) is 35.1 Å². The summed E-state index contributed by atoms with van der Waals surface area (Å²) in [7, 11) is 0. The lowest BCUT2D eigenvalue weighted by molar-refractivity contribution is -0.157. The van der Waals surface area contributed by atoms with Crippen LogP contribution in [0.4, 0.5) is 13.2 Å². The molecule has 24 heavy (non-hydrogen) atoms. The summed E-state index contributed by atoms with van der Waals surface area (Å²) in [5, 5.41) is 1.39. The second kappa shape index (κ2) is 7.49. The van der Waals surface area contributed by atoms with Gasteiger partial charge in [0.05, 0.1) is 11.2 Å². The first-order valence-electron chi connectivity index (χ1n) is 6.99. The molecule has 7 heteroatoms. The van der Waals surface area contributed by atoms with E-state index in [0.717, 1.165) is 11.5 Å². The van der Waals surface area contributed by atoms with Crippen molar-refractivity contribution in [1.29, 1.82) is 0 Å². The second-order valence-electron chi connectivity index (χ2n) is 5.03. The lowest BCUT2D eigenvalue weighted by atomic mass is 10.2. The highest BCUT2D eigenvalue weighted by molar-refractivity contribution is 6.31. The fourth-order valence-electron chi connectivity index (χ4n) is 2.07. The highest BCUT2D eigenvalue weighted by Gasteiger charge is 2.31. The maximum Gasteiger partial charge on any atom is 0.406 e. The maximum atomic E-state index is 12.5. The van der Waals surface area contributed by atoms with Crippen LogP contribution in [0.15, 0.2) is 49.1 Å². The third-order valence-corrected chi connectivity index (χ3v) is 3.34. The number of benzene rings is 1. The van der Waals surface area contributed by atoms with Gasteiger partial charge < -0.3 is 4.90 Å². The molecule has 0 N–H and O–H groups in total. The number of amides is 1. The van der Waals surface area contributed by atoms with Crippen molar-refractivity contribution in [3.05, 3.63) is 59.8 Å². The van der Waals surface area contributed by atoms with Gasteiger partial charge in [-0.3, -0.25) is 4.79 Å². The normalized spacial score (nSPS) is 11.8. The zero-order valence-electron chi connectivity index (χ0n) is 12.6. The molecule has 0 radical (unpaired) electrons. The van der Waals surface area contributed by atoms with E-state index >= 15 is 0 Å². The van der Waals surface area contributed by atoms with Crippen molar-refractivity contribution < 1.29 is 18.0 Å². The first-order chi connectivity index (χ1) is 11.3. The number of aromatic nitrogens is 1. The monoisotopic (exact) mass is 354 g/mol. The number of carbonyl (C=O) groups is 1. The van der Waals surface area contributed by atoms with E-state index in [1.54, 1.807) is 30.3 Å². The molecule has 0 atom stereocenters. The number of pyridine rings is 1. The Morgan fingerprint density at radius 2 is 2.00 bits per heavy atom. The van der Waals surface area contributed by atoms with Crippen LogP contribution < -0.4 is 0 Å². The van der Waals surface area contributed by atoms with Crippen LogP contribution in [-0.2, 0) is 4.79 Å². The van der Waals surface area contributed by atoms with E-state index in [1.165, 1.54) is 12.2 Å². The van der Waals surface area contributed by atoms with Crippen LogP contribution in [0.1, 0.15) is 5.69 Å². The number of halogens is 4. The molecule has 2 rings (SSSR count).